The molecule has 102 valence electrons. The van der Waals surface area contributed by atoms with Gasteiger partial charge < -0.3 is 10.1 Å². The Morgan fingerprint density at radius 2 is 1.94 bits per heavy atom. The Kier molecular flexibility index (Phi) is 5.10. The minimum absolute atomic E-state index is 0.0475. The third kappa shape index (κ3) is 3.20. The Hall–Kier alpha value is -0.680. The van der Waals surface area contributed by atoms with E-state index in [1.807, 2.05) is 7.05 Å². The van der Waals surface area contributed by atoms with Crippen LogP contribution in [-0.4, -0.2) is 24.1 Å². The van der Waals surface area contributed by atoms with Crippen molar-refractivity contribution in [1.82, 2.24) is 9.97 Å². The molecule has 0 spiro atoms. The average molecular weight is 316 g/mol. The summed E-state index contributed by atoms with van der Waals surface area (Å²) >= 11 is 3.58. The summed E-state index contributed by atoms with van der Waals surface area (Å²) < 4.78 is 6.35. The lowest BCUT2D eigenvalue weighted by molar-refractivity contribution is 0.0922. The molecule has 0 aliphatic carbocycles. The van der Waals surface area contributed by atoms with Gasteiger partial charge in [-0.25, -0.2) is 9.97 Å². The Morgan fingerprint density at radius 1 is 1.33 bits per heavy atom. The van der Waals surface area contributed by atoms with E-state index in [-0.39, 0.29) is 11.5 Å². The van der Waals surface area contributed by atoms with Gasteiger partial charge in [-0.2, -0.15) is 0 Å². The molecule has 0 aliphatic rings. The zero-order valence-electron chi connectivity index (χ0n) is 12.0. The molecule has 0 bridgehead atoms. The van der Waals surface area contributed by atoms with Crippen molar-refractivity contribution >= 4 is 21.7 Å². The molecule has 0 saturated heterocycles. The number of nitrogens with one attached hydrogen (secondary N) is 1. The first kappa shape index (κ1) is 15.4. The van der Waals surface area contributed by atoms with Gasteiger partial charge >= 0.3 is 0 Å². The highest BCUT2D eigenvalue weighted by Gasteiger charge is 2.24. The molecule has 4 nitrogen and oxygen atoms in total. The number of ether oxygens (including phenoxy) is 1. The number of rotatable bonds is 4. The first-order valence-electron chi connectivity index (χ1n) is 6.13. The van der Waals surface area contributed by atoms with E-state index >= 15 is 0 Å². The smallest absolute Gasteiger partial charge is 0.159 e. The van der Waals surface area contributed by atoms with Crippen molar-refractivity contribution in [2.75, 3.05) is 19.5 Å². The lowest BCUT2D eigenvalue weighted by Gasteiger charge is -2.23. The molecule has 0 radical (unpaired) electrons. The number of methoxy groups -OCH3 is 1. The summed E-state index contributed by atoms with van der Waals surface area (Å²) in [5.74, 6) is 1.54. The molecule has 18 heavy (non-hydrogen) atoms. The molecule has 1 atom stereocenters. The van der Waals surface area contributed by atoms with Gasteiger partial charge in [-0.1, -0.05) is 27.7 Å². The maximum absolute atomic E-state index is 5.42. The normalized spacial score (nSPS) is 13.5. The molecule has 1 aromatic heterocycles. The summed E-state index contributed by atoms with van der Waals surface area (Å²) in [4.78, 5) is 9.18. The number of hydrogen-bond acceptors (Lipinski definition) is 4. The minimum atomic E-state index is -0.0636. The standard InChI is InChI=1S/C13H22BrN3O/c1-7-8(18-6)11-16-10(13(2,3)4)9(14)12(15-5)17-11/h8H,7H2,1-6H3,(H,15,16,17). The summed E-state index contributed by atoms with van der Waals surface area (Å²) in [6, 6.07) is 0. The highest BCUT2D eigenvalue weighted by atomic mass is 79.9. The van der Waals surface area contributed by atoms with Crippen LogP contribution in [0.2, 0.25) is 0 Å². The van der Waals surface area contributed by atoms with E-state index in [0.717, 1.165) is 28.2 Å². The Labute approximate surface area is 118 Å². The lowest BCUT2D eigenvalue weighted by atomic mass is 9.91. The third-order valence-electron chi connectivity index (χ3n) is 2.76. The van der Waals surface area contributed by atoms with Crippen LogP contribution < -0.4 is 5.32 Å². The van der Waals surface area contributed by atoms with Gasteiger partial charge in [-0.3, -0.25) is 0 Å². The summed E-state index contributed by atoms with van der Waals surface area (Å²) in [5, 5.41) is 3.10. The largest absolute Gasteiger partial charge is 0.373 e. The van der Waals surface area contributed by atoms with Gasteiger partial charge in [-0.05, 0) is 22.4 Å². The number of anilines is 1. The zero-order valence-corrected chi connectivity index (χ0v) is 13.6. The van der Waals surface area contributed by atoms with Crippen LogP contribution in [0, 0.1) is 0 Å². The van der Waals surface area contributed by atoms with Crippen molar-refractivity contribution in [2.45, 2.75) is 45.6 Å². The molecule has 1 heterocycles. The van der Waals surface area contributed by atoms with Crippen LogP contribution >= 0.6 is 15.9 Å². The fraction of sp³-hybridized carbons (Fsp3) is 0.692. The Bertz CT molecular complexity index is 411. The summed E-state index contributed by atoms with van der Waals surface area (Å²) in [6.45, 7) is 8.47. The molecule has 0 aromatic carbocycles. The van der Waals surface area contributed by atoms with Crippen LogP contribution in [0.25, 0.3) is 0 Å². The predicted octanol–water partition coefficient (Wildman–Crippen LogP) is 3.68. The van der Waals surface area contributed by atoms with Crippen LogP contribution in [0.5, 0.6) is 0 Å². The van der Waals surface area contributed by atoms with Gasteiger partial charge in [0.1, 0.15) is 11.9 Å². The van der Waals surface area contributed by atoms with Crippen molar-refractivity contribution in [3.05, 3.63) is 16.0 Å². The van der Waals surface area contributed by atoms with Gasteiger partial charge in [0, 0.05) is 19.6 Å². The van der Waals surface area contributed by atoms with Crippen LogP contribution in [0.4, 0.5) is 5.82 Å². The maximum Gasteiger partial charge on any atom is 0.159 e. The van der Waals surface area contributed by atoms with E-state index in [2.05, 4.69) is 58.9 Å². The molecule has 0 amide bonds. The first-order valence-corrected chi connectivity index (χ1v) is 6.92. The van der Waals surface area contributed by atoms with Crippen molar-refractivity contribution in [2.24, 2.45) is 0 Å². The number of halogens is 1. The van der Waals surface area contributed by atoms with Crippen molar-refractivity contribution in [3.63, 3.8) is 0 Å². The monoisotopic (exact) mass is 315 g/mol. The Morgan fingerprint density at radius 3 is 2.33 bits per heavy atom. The van der Waals surface area contributed by atoms with E-state index in [1.54, 1.807) is 7.11 Å². The minimum Gasteiger partial charge on any atom is -0.373 e. The van der Waals surface area contributed by atoms with E-state index in [9.17, 15) is 0 Å². The van der Waals surface area contributed by atoms with E-state index in [0.29, 0.717) is 0 Å². The number of nitrogens with zero attached hydrogens (tertiary/aromatic N) is 2. The summed E-state index contributed by atoms with van der Waals surface area (Å²) in [7, 11) is 3.55. The number of hydrogen-bond donors (Lipinski definition) is 1. The maximum atomic E-state index is 5.42. The lowest BCUT2D eigenvalue weighted by Crippen LogP contribution is -2.19. The van der Waals surface area contributed by atoms with Crippen LogP contribution in [-0.2, 0) is 10.2 Å². The van der Waals surface area contributed by atoms with E-state index < -0.39 is 0 Å². The second kappa shape index (κ2) is 5.97. The Balaban J connectivity index is 3.39. The summed E-state index contributed by atoms with van der Waals surface area (Å²) in [6.07, 6.45) is 0.788. The SMILES string of the molecule is CCC(OC)c1nc(NC)c(Br)c(C(C)(C)C)n1. The molecule has 0 aliphatic heterocycles. The zero-order chi connectivity index (χ0) is 13.9. The average Bonchev–Trinajstić information content (AvgIpc) is 2.30. The molecular formula is C13H22BrN3O. The predicted molar refractivity (Wildman–Crippen MR) is 78.0 cm³/mol. The van der Waals surface area contributed by atoms with Gasteiger partial charge in [0.25, 0.3) is 0 Å². The van der Waals surface area contributed by atoms with Crippen molar-refractivity contribution in [3.8, 4) is 0 Å². The van der Waals surface area contributed by atoms with Gasteiger partial charge in [0.05, 0.1) is 10.2 Å². The fourth-order valence-corrected chi connectivity index (χ4v) is 2.70. The molecule has 1 rings (SSSR count). The number of aromatic nitrogens is 2. The molecule has 0 saturated carbocycles. The van der Waals surface area contributed by atoms with Gasteiger partial charge in [0.15, 0.2) is 5.82 Å². The first-order chi connectivity index (χ1) is 8.35. The fourth-order valence-electron chi connectivity index (χ4n) is 1.73. The van der Waals surface area contributed by atoms with E-state index in [4.69, 9.17) is 4.74 Å². The van der Waals surface area contributed by atoms with Crippen LogP contribution in [0.15, 0.2) is 4.47 Å². The highest BCUT2D eigenvalue weighted by Crippen LogP contribution is 2.33. The third-order valence-corrected chi connectivity index (χ3v) is 3.51. The second-order valence-electron chi connectivity index (χ2n) is 5.23. The molecular weight excluding hydrogens is 294 g/mol. The molecule has 1 unspecified atom stereocenters. The highest BCUT2D eigenvalue weighted by molar-refractivity contribution is 9.10. The molecule has 1 N–H and O–H groups in total. The van der Waals surface area contributed by atoms with E-state index in [1.165, 1.54) is 0 Å². The van der Waals surface area contributed by atoms with Gasteiger partial charge in [0.2, 0.25) is 0 Å². The summed E-state index contributed by atoms with van der Waals surface area (Å²) in [5.41, 5.74) is 0.945. The molecule has 1 aromatic rings. The van der Waals surface area contributed by atoms with Crippen LogP contribution in [0.3, 0.4) is 0 Å². The molecule has 5 heteroatoms. The quantitative estimate of drug-likeness (QED) is 0.920. The second-order valence-corrected chi connectivity index (χ2v) is 6.02. The molecule has 0 fully saturated rings. The topological polar surface area (TPSA) is 47.0 Å². The van der Waals surface area contributed by atoms with Crippen LogP contribution in [0.1, 0.15) is 51.7 Å². The van der Waals surface area contributed by atoms with Crippen molar-refractivity contribution in [1.29, 1.82) is 0 Å². The van der Waals surface area contributed by atoms with Crippen molar-refractivity contribution < 1.29 is 4.74 Å². The van der Waals surface area contributed by atoms with Gasteiger partial charge in [-0.15, -0.1) is 0 Å².